The summed E-state index contributed by atoms with van der Waals surface area (Å²) in [5.74, 6) is 0.266. The SMILES string of the molecule is Cc1c(C(O)NCC2(C(N)=O)CCOCC2)cc(-c2cc(C(C)(C)O)cc(C3(C)CC3)c2)n1CC1CCCCC1. The van der Waals surface area contributed by atoms with Crippen LogP contribution in [-0.4, -0.2) is 40.4 Å². The highest BCUT2D eigenvalue weighted by Gasteiger charge is 2.41. The molecule has 0 radical (unpaired) electrons. The van der Waals surface area contributed by atoms with Gasteiger partial charge in [-0.05, 0) is 106 Å². The van der Waals surface area contributed by atoms with Crippen LogP contribution in [0.2, 0.25) is 0 Å². The second kappa shape index (κ2) is 11.2. The van der Waals surface area contributed by atoms with Gasteiger partial charge in [0.05, 0.1) is 11.0 Å². The summed E-state index contributed by atoms with van der Waals surface area (Å²) >= 11 is 0. The topological polar surface area (TPSA) is 110 Å². The minimum atomic E-state index is -0.956. The van der Waals surface area contributed by atoms with Crippen molar-refractivity contribution in [3.8, 4) is 11.3 Å². The molecule has 2 heterocycles. The van der Waals surface area contributed by atoms with E-state index in [9.17, 15) is 15.0 Å². The number of nitrogens with one attached hydrogen (secondary N) is 1. The molecule has 1 saturated heterocycles. The van der Waals surface area contributed by atoms with Gasteiger partial charge in [-0.2, -0.15) is 0 Å². The first-order chi connectivity index (χ1) is 18.9. The number of primary amides is 1. The molecule has 1 aliphatic heterocycles. The van der Waals surface area contributed by atoms with Gasteiger partial charge in [0.1, 0.15) is 6.23 Å². The number of nitrogens with two attached hydrogens (primary N) is 1. The van der Waals surface area contributed by atoms with Crippen LogP contribution in [0, 0.1) is 18.3 Å². The molecule has 2 aromatic rings. The lowest BCUT2D eigenvalue weighted by molar-refractivity contribution is -0.133. The van der Waals surface area contributed by atoms with Crippen LogP contribution >= 0.6 is 0 Å². The molecule has 3 aliphatic rings. The molecule has 40 heavy (non-hydrogen) atoms. The van der Waals surface area contributed by atoms with E-state index in [4.69, 9.17) is 10.5 Å². The second-order valence-electron chi connectivity index (χ2n) is 13.6. The molecule has 1 amide bonds. The standard InChI is InChI=1S/C33H49N3O4/c1-22-27(29(37)35-21-33(30(34)38)12-14-40-15-13-33)19-28(36(22)20-23-8-6-5-7-9-23)24-16-25(31(2,3)39)18-26(17-24)32(4)10-11-32/h16-19,23,29,35,37,39H,5-15,20-21H2,1-4H3,(H2,34,38). The number of hydrogen-bond acceptors (Lipinski definition) is 5. The van der Waals surface area contributed by atoms with E-state index in [1.165, 1.54) is 37.7 Å². The maximum Gasteiger partial charge on any atom is 0.225 e. The Hall–Kier alpha value is -2.19. The van der Waals surface area contributed by atoms with Crippen LogP contribution in [0.25, 0.3) is 11.3 Å². The third-order valence-corrected chi connectivity index (χ3v) is 10.1. The van der Waals surface area contributed by atoms with E-state index in [0.29, 0.717) is 38.5 Å². The van der Waals surface area contributed by atoms with Crippen LogP contribution in [0.5, 0.6) is 0 Å². The Morgan fingerprint density at radius 1 is 1.12 bits per heavy atom. The van der Waals surface area contributed by atoms with Crippen LogP contribution in [0.1, 0.15) is 107 Å². The zero-order chi connectivity index (χ0) is 28.7. The van der Waals surface area contributed by atoms with Crippen molar-refractivity contribution >= 4 is 5.91 Å². The number of ether oxygens (including phenoxy) is 1. The highest BCUT2D eigenvalue weighted by Crippen LogP contribution is 2.49. The molecule has 7 nitrogen and oxygen atoms in total. The summed E-state index contributed by atoms with van der Waals surface area (Å²) in [4.78, 5) is 12.4. The smallest absolute Gasteiger partial charge is 0.225 e. The van der Waals surface area contributed by atoms with Crippen molar-refractivity contribution in [3.63, 3.8) is 0 Å². The minimum absolute atomic E-state index is 0.155. The lowest BCUT2D eigenvalue weighted by Crippen LogP contribution is -2.49. The largest absolute Gasteiger partial charge is 0.386 e. The average molecular weight is 552 g/mol. The van der Waals surface area contributed by atoms with Crippen molar-refractivity contribution in [3.05, 3.63) is 46.6 Å². The van der Waals surface area contributed by atoms with Crippen molar-refractivity contribution < 1.29 is 19.7 Å². The normalized spacial score (nSPS) is 21.8. The van der Waals surface area contributed by atoms with E-state index in [1.54, 1.807) is 0 Å². The van der Waals surface area contributed by atoms with Crippen molar-refractivity contribution in [1.82, 2.24) is 9.88 Å². The fraction of sp³-hybridized carbons (Fsp3) is 0.667. The highest BCUT2D eigenvalue weighted by molar-refractivity contribution is 5.81. The highest BCUT2D eigenvalue weighted by atomic mass is 16.5. The van der Waals surface area contributed by atoms with E-state index in [1.807, 2.05) is 13.8 Å². The third kappa shape index (κ3) is 6.03. The number of benzene rings is 1. The summed E-state index contributed by atoms with van der Waals surface area (Å²) < 4.78 is 7.86. The average Bonchev–Trinajstić information content (AvgIpc) is 3.61. The molecule has 0 spiro atoms. The molecule has 5 rings (SSSR count). The monoisotopic (exact) mass is 551 g/mol. The van der Waals surface area contributed by atoms with Crippen molar-refractivity contribution in [2.24, 2.45) is 17.1 Å². The second-order valence-corrected chi connectivity index (χ2v) is 13.6. The maximum absolute atomic E-state index is 12.4. The molecule has 3 fully saturated rings. The Balaban J connectivity index is 1.52. The Kier molecular flexibility index (Phi) is 8.23. The summed E-state index contributed by atoms with van der Waals surface area (Å²) in [6.07, 6.45) is 8.80. The zero-order valence-corrected chi connectivity index (χ0v) is 24.9. The summed E-state index contributed by atoms with van der Waals surface area (Å²) in [5.41, 5.74) is 10.5. The number of amides is 1. The fourth-order valence-electron chi connectivity index (χ4n) is 6.67. The molecule has 1 aromatic carbocycles. The van der Waals surface area contributed by atoms with Crippen molar-refractivity contribution in [2.45, 2.75) is 109 Å². The van der Waals surface area contributed by atoms with E-state index in [2.05, 4.69) is 48.0 Å². The molecule has 1 aromatic heterocycles. The molecule has 7 heteroatoms. The van der Waals surface area contributed by atoms with Gasteiger partial charge in [0.15, 0.2) is 0 Å². The summed E-state index contributed by atoms with van der Waals surface area (Å²) in [6.45, 7) is 10.3. The number of nitrogens with zero attached hydrogens (tertiary/aromatic N) is 1. The molecule has 2 saturated carbocycles. The first-order valence-corrected chi connectivity index (χ1v) is 15.3. The van der Waals surface area contributed by atoms with Crippen LogP contribution in [-0.2, 0) is 27.1 Å². The first-order valence-electron chi connectivity index (χ1n) is 15.3. The lowest BCUT2D eigenvalue weighted by atomic mass is 9.79. The molecule has 1 atom stereocenters. The van der Waals surface area contributed by atoms with E-state index in [-0.39, 0.29) is 11.3 Å². The quantitative estimate of drug-likeness (QED) is 0.304. The summed E-state index contributed by atoms with van der Waals surface area (Å²) in [6, 6.07) is 8.70. The number of carbonyl (C=O) groups is 1. The Labute approximate surface area is 239 Å². The molecular weight excluding hydrogens is 502 g/mol. The molecule has 220 valence electrons. The Morgan fingerprint density at radius 3 is 2.40 bits per heavy atom. The predicted octanol–water partition coefficient (Wildman–Crippen LogP) is 5.19. The van der Waals surface area contributed by atoms with Gasteiger partial charge in [-0.3, -0.25) is 10.1 Å². The van der Waals surface area contributed by atoms with Gasteiger partial charge in [-0.25, -0.2) is 0 Å². The number of aliphatic hydroxyl groups excluding tert-OH is 1. The van der Waals surface area contributed by atoms with Gasteiger partial charge in [0.25, 0.3) is 0 Å². The van der Waals surface area contributed by atoms with E-state index in [0.717, 1.165) is 47.5 Å². The van der Waals surface area contributed by atoms with Gasteiger partial charge >= 0.3 is 0 Å². The van der Waals surface area contributed by atoms with Crippen molar-refractivity contribution in [2.75, 3.05) is 19.8 Å². The predicted molar refractivity (Wildman–Crippen MR) is 158 cm³/mol. The summed E-state index contributed by atoms with van der Waals surface area (Å²) in [5, 5.41) is 25.7. The number of aliphatic hydroxyl groups is 2. The minimum Gasteiger partial charge on any atom is -0.386 e. The lowest BCUT2D eigenvalue weighted by Gasteiger charge is -2.35. The van der Waals surface area contributed by atoms with Crippen molar-refractivity contribution in [1.29, 1.82) is 0 Å². The fourth-order valence-corrected chi connectivity index (χ4v) is 6.67. The maximum atomic E-state index is 12.4. The van der Waals surface area contributed by atoms with Crippen LogP contribution < -0.4 is 11.1 Å². The van der Waals surface area contributed by atoms with Crippen LogP contribution in [0.3, 0.4) is 0 Å². The number of carbonyl (C=O) groups excluding carboxylic acids is 1. The Bertz CT molecular complexity index is 1190. The third-order valence-electron chi connectivity index (χ3n) is 10.1. The van der Waals surface area contributed by atoms with Gasteiger partial charge in [-0.1, -0.05) is 32.3 Å². The van der Waals surface area contributed by atoms with Gasteiger partial charge in [0.2, 0.25) is 5.91 Å². The molecular formula is C33H49N3O4. The number of rotatable bonds is 10. The van der Waals surface area contributed by atoms with E-state index < -0.39 is 17.2 Å². The van der Waals surface area contributed by atoms with Crippen LogP contribution in [0.4, 0.5) is 0 Å². The number of hydrogen-bond donors (Lipinski definition) is 4. The van der Waals surface area contributed by atoms with Crippen LogP contribution in [0.15, 0.2) is 24.3 Å². The Morgan fingerprint density at radius 2 is 1.80 bits per heavy atom. The summed E-state index contributed by atoms with van der Waals surface area (Å²) in [7, 11) is 0. The molecule has 1 unspecified atom stereocenters. The van der Waals surface area contributed by atoms with Gasteiger partial charge < -0.3 is 25.3 Å². The molecule has 0 bridgehead atoms. The van der Waals surface area contributed by atoms with E-state index >= 15 is 0 Å². The number of aromatic nitrogens is 1. The zero-order valence-electron chi connectivity index (χ0n) is 24.9. The van der Waals surface area contributed by atoms with Gasteiger partial charge in [0, 0.05) is 43.3 Å². The molecule has 5 N–H and O–H groups in total. The van der Waals surface area contributed by atoms with Gasteiger partial charge in [-0.15, -0.1) is 0 Å². The molecule has 2 aliphatic carbocycles. The first kappa shape index (κ1) is 29.3.